The number of hydrogen-bond acceptors (Lipinski definition) is 7. The van der Waals surface area contributed by atoms with Crippen molar-refractivity contribution >= 4 is 23.0 Å². The Labute approximate surface area is 216 Å². The standard InChI is InChI=1S/C27H34ClN3O5/c1-19-6-10-30(11-7-19)22-3-5-26(24(15-22)31(33)34)35-18-23(32)17-29-12-8-27(9-13-29)16-20-14-21(28)2-4-25(20)36-27/h2-5,14-15,19,23,32H,6-13,16-18H2,1H3/t23-/m0/s1. The molecule has 2 aromatic carbocycles. The van der Waals surface area contributed by atoms with Gasteiger partial charge in [0.1, 0.15) is 24.1 Å². The van der Waals surface area contributed by atoms with E-state index in [-0.39, 0.29) is 23.6 Å². The maximum absolute atomic E-state index is 11.7. The topological polar surface area (TPSA) is 88.3 Å². The number of hydrogen-bond donors (Lipinski definition) is 1. The van der Waals surface area contributed by atoms with Crippen LogP contribution in [0.2, 0.25) is 5.02 Å². The lowest BCUT2D eigenvalue weighted by Gasteiger charge is -2.39. The van der Waals surface area contributed by atoms with Gasteiger partial charge >= 0.3 is 5.69 Å². The average molecular weight is 516 g/mol. The number of rotatable bonds is 7. The van der Waals surface area contributed by atoms with Crippen molar-refractivity contribution in [1.29, 1.82) is 0 Å². The zero-order valence-corrected chi connectivity index (χ0v) is 21.5. The molecule has 5 rings (SSSR count). The molecule has 3 aliphatic rings. The highest BCUT2D eigenvalue weighted by atomic mass is 35.5. The molecule has 0 bridgehead atoms. The summed E-state index contributed by atoms with van der Waals surface area (Å²) in [7, 11) is 0. The van der Waals surface area contributed by atoms with Gasteiger partial charge in [-0.05, 0) is 54.7 Å². The molecule has 3 heterocycles. The second-order valence-corrected chi connectivity index (χ2v) is 11.0. The molecule has 0 aromatic heterocycles. The fourth-order valence-electron chi connectivity index (χ4n) is 5.59. The first kappa shape index (κ1) is 25.1. The van der Waals surface area contributed by atoms with Gasteiger partial charge in [-0.1, -0.05) is 18.5 Å². The number of piperidine rings is 2. The normalized spacial score (nSPS) is 20.7. The van der Waals surface area contributed by atoms with E-state index in [2.05, 4.69) is 16.7 Å². The predicted molar refractivity (Wildman–Crippen MR) is 139 cm³/mol. The van der Waals surface area contributed by atoms with Gasteiger partial charge in [0.25, 0.3) is 0 Å². The summed E-state index contributed by atoms with van der Waals surface area (Å²) in [5, 5.41) is 23.1. The molecule has 0 radical (unpaired) electrons. The summed E-state index contributed by atoms with van der Waals surface area (Å²) in [5.74, 6) is 1.80. The SMILES string of the molecule is CC1CCN(c2ccc(OC[C@@H](O)CN3CCC4(CC3)Cc3cc(Cl)ccc3O4)c([N+](=O)[O-])c2)CC1. The van der Waals surface area contributed by atoms with E-state index in [4.69, 9.17) is 21.1 Å². The maximum atomic E-state index is 11.7. The molecular weight excluding hydrogens is 482 g/mol. The highest BCUT2D eigenvalue weighted by Gasteiger charge is 2.42. The highest BCUT2D eigenvalue weighted by Crippen LogP contribution is 2.42. The van der Waals surface area contributed by atoms with Crippen molar-refractivity contribution in [3.63, 3.8) is 0 Å². The molecule has 194 valence electrons. The van der Waals surface area contributed by atoms with Crippen LogP contribution >= 0.6 is 11.6 Å². The van der Waals surface area contributed by atoms with Crippen LogP contribution in [0.25, 0.3) is 0 Å². The number of nitro groups is 1. The summed E-state index contributed by atoms with van der Waals surface area (Å²) >= 11 is 6.14. The van der Waals surface area contributed by atoms with Gasteiger partial charge in [-0.25, -0.2) is 0 Å². The largest absolute Gasteiger partial charge is 0.487 e. The quantitative estimate of drug-likeness (QED) is 0.422. The number of aliphatic hydroxyl groups excluding tert-OH is 1. The Hall–Kier alpha value is -2.55. The number of aliphatic hydroxyl groups is 1. The molecular formula is C27H34ClN3O5. The Morgan fingerprint density at radius 1 is 1.19 bits per heavy atom. The summed E-state index contributed by atoms with van der Waals surface area (Å²) < 4.78 is 12.0. The Morgan fingerprint density at radius 3 is 2.67 bits per heavy atom. The van der Waals surface area contributed by atoms with E-state index in [1.807, 2.05) is 24.3 Å². The zero-order chi connectivity index (χ0) is 25.3. The number of benzene rings is 2. The first-order chi connectivity index (χ1) is 17.3. The fraction of sp³-hybridized carbons (Fsp3) is 0.556. The highest BCUT2D eigenvalue weighted by molar-refractivity contribution is 6.30. The summed E-state index contributed by atoms with van der Waals surface area (Å²) in [6, 6.07) is 10.9. The third kappa shape index (κ3) is 5.56. The van der Waals surface area contributed by atoms with Gasteiger partial charge in [-0.2, -0.15) is 0 Å². The number of fused-ring (bicyclic) bond motifs is 1. The van der Waals surface area contributed by atoms with E-state index in [1.165, 1.54) is 0 Å². The molecule has 1 N–H and O–H groups in total. The van der Waals surface area contributed by atoms with E-state index < -0.39 is 11.0 Å². The van der Waals surface area contributed by atoms with Crippen molar-refractivity contribution in [3.05, 3.63) is 57.1 Å². The molecule has 1 spiro atoms. The van der Waals surface area contributed by atoms with Crippen LogP contribution in [0.1, 0.15) is 38.2 Å². The smallest absolute Gasteiger partial charge is 0.312 e. The number of anilines is 1. The summed E-state index contributed by atoms with van der Waals surface area (Å²) in [6.07, 6.45) is 4.03. The van der Waals surface area contributed by atoms with Crippen molar-refractivity contribution in [1.82, 2.24) is 4.90 Å². The van der Waals surface area contributed by atoms with Crippen molar-refractivity contribution in [2.45, 2.75) is 50.7 Å². The van der Waals surface area contributed by atoms with Gasteiger partial charge in [0.05, 0.1) is 4.92 Å². The van der Waals surface area contributed by atoms with Crippen molar-refractivity contribution in [2.75, 3.05) is 44.2 Å². The van der Waals surface area contributed by atoms with Crippen molar-refractivity contribution < 1.29 is 19.5 Å². The van der Waals surface area contributed by atoms with Crippen LogP contribution in [0.4, 0.5) is 11.4 Å². The fourth-order valence-corrected chi connectivity index (χ4v) is 5.79. The Bertz CT molecular complexity index is 1100. The van der Waals surface area contributed by atoms with Gasteiger partial charge in [-0.3, -0.25) is 10.1 Å². The number of nitrogens with zero attached hydrogens (tertiary/aromatic N) is 3. The minimum absolute atomic E-state index is 0.00347. The van der Waals surface area contributed by atoms with Gasteiger partial charge < -0.3 is 24.4 Å². The molecule has 36 heavy (non-hydrogen) atoms. The molecule has 2 fully saturated rings. The third-order valence-corrected chi connectivity index (χ3v) is 8.05. The summed E-state index contributed by atoms with van der Waals surface area (Å²) in [4.78, 5) is 15.7. The van der Waals surface area contributed by atoms with Crippen LogP contribution in [0.3, 0.4) is 0 Å². The van der Waals surface area contributed by atoms with Gasteiger partial charge in [0.2, 0.25) is 0 Å². The molecule has 0 amide bonds. The van der Waals surface area contributed by atoms with Crippen LogP contribution in [-0.2, 0) is 6.42 Å². The molecule has 0 aliphatic carbocycles. The van der Waals surface area contributed by atoms with Gasteiger partial charge in [-0.15, -0.1) is 0 Å². The molecule has 8 nitrogen and oxygen atoms in total. The van der Waals surface area contributed by atoms with Crippen molar-refractivity contribution in [3.8, 4) is 11.5 Å². The number of halogens is 1. The van der Waals surface area contributed by atoms with Crippen LogP contribution in [0, 0.1) is 16.0 Å². The van der Waals surface area contributed by atoms with E-state index in [0.717, 1.165) is 80.3 Å². The van der Waals surface area contributed by atoms with Crippen molar-refractivity contribution in [2.24, 2.45) is 5.92 Å². The lowest BCUT2D eigenvalue weighted by atomic mass is 9.87. The molecule has 2 saturated heterocycles. The second-order valence-electron chi connectivity index (χ2n) is 10.6. The minimum atomic E-state index is -0.748. The number of ether oxygens (including phenoxy) is 2. The Kier molecular flexibility index (Phi) is 7.28. The average Bonchev–Trinajstić information content (AvgIpc) is 3.21. The van der Waals surface area contributed by atoms with E-state index in [9.17, 15) is 15.2 Å². The molecule has 0 saturated carbocycles. The maximum Gasteiger partial charge on any atom is 0.312 e. The molecule has 0 unspecified atom stereocenters. The summed E-state index contributed by atoms with van der Waals surface area (Å²) in [6.45, 7) is 6.11. The third-order valence-electron chi connectivity index (χ3n) is 7.82. The predicted octanol–water partition coefficient (Wildman–Crippen LogP) is 4.69. The van der Waals surface area contributed by atoms with E-state index in [0.29, 0.717) is 12.5 Å². The number of nitro benzene ring substituents is 1. The molecule has 1 atom stereocenters. The summed E-state index contributed by atoms with van der Waals surface area (Å²) in [5.41, 5.74) is 1.75. The lowest BCUT2D eigenvalue weighted by Crippen LogP contribution is -2.49. The Morgan fingerprint density at radius 2 is 1.94 bits per heavy atom. The van der Waals surface area contributed by atoms with Crippen LogP contribution in [-0.4, -0.2) is 66.0 Å². The van der Waals surface area contributed by atoms with E-state index >= 15 is 0 Å². The zero-order valence-electron chi connectivity index (χ0n) is 20.7. The molecule has 3 aliphatic heterocycles. The first-order valence-corrected chi connectivity index (χ1v) is 13.2. The number of likely N-dealkylation sites (tertiary alicyclic amines) is 1. The lowest BCUT2D eigenvalue weighted by molar-refractivity contribution is -0.385. The van der Waals surface area contributed by atoms with E-state index in [1.54, 1.807) is 12.1 Å². The molecule has 2 aromatic rings. The van der Waals surface area contributed by atoms with Gasteiger partial charge in [0.15, 0.2) is 5.75 Å². The number of β-amino-alcohol motifs (C(OH)–C–C–N with tert-alkyl or cyclic N) is 1. The van der Waals surface area contributed by atoms with Gasteiger partial charge in [0, 0.05) is 68.8 Å². The van der Waals surface area contributed by atoms with Crippen LogP contribution < -0.4 is 14.4 Å². The first-order valence-electron chi connectivity index (χ1n) is 12.8. The monoisotopic (exact) mass is 515 g/mol. The Balaban J connectivity index is 1.12. The molecule has 9 heteroatoms. The van der Waals surface area contributed by atoms with Crippen LogP contribution in [0.15, 0.2) is 36.4 Å². The van der Waals surface area contributed by atoms with Crippen LogP contribution in [0.5, 0.6) is 11.5 Å². The minimum Gasteiger partial charge on any atom is -0.487 e. The second kappa shape index (κ2) is 10.4.